The van der Waals surface area contributed by atoms with Crippen molar-refractivity contribution in [2.75, 3.05) is 25.0 Å². The van der Waals surface area contributed by atoms with Gasteiger partial charge in [0, 0.05) is 16.4 Å². The standard InChI is InChI=1S/C15H10N2S2.C11H7NS.C6H15N.H2O/c1-3-7-12-10(5-1)16-14(18-12)9-15-17-11-6-2-4-8-13(11)19-15;1-2-4-9-8(3-1)5-6-10-11(9)12-7-13-10;1-4-7(5-2)6-3;/h1-9,16H;1-7H;4-6H2,1-3H3;1H2. The van der Waals surface area contributed by atoms with E-state index in [0.29, 0.717) is 0 Å². The van der Waals surface area contributed by atoms with Crippen LogP contribution in [0.5, 0.6) is 0 Å². The van der Waals surface area contributed by atoms with Gasteiger partial charge in [0.2, 0.25) is 0 Å². The molecule has 0 amide bonds. The van der Waals surface area contributed by atoms with E-state index in [1.807, 2.05) is 17.6 Å². The average Bonchev–Trinajstić information content (AvgIpc) is 3.72. The van der Waals surface area contributed by atoms with Gasteiger partial charge >= 0.3 is 0 Å². The highest BCUT2D eigenvalue weighted by molar-refractivity contribution is 8.03. The fourth-order valence-electron chi connectivity index (χ4n) is 4.34. The molecule has 3 heterocycles. The molecule has 5 nitrogen and oxygen atoms in total. The SMILES string of the molecule is C(=C1Nc2ccccc2S1)c1nc2ccccc2s1.CCN(CC)CC.O.c1ccc2c(c1)ccc1scnc12. The van der Waals surface area contributed by atoms with Crippen LogP contribution in [0.25, 0.3) is 37.3 Å². The summed E-state index contributed by atoms with van der Waals surface area (Å²) in [5.41, 5.74) is 5.28. The van der Waals surface area contributed by atoms with Crippen molar-refractivity contribution in [3.05, 3.63) is 100 Å². The Hall–Kier alpha value is -3.27. The molecule has 7 rings (SSSR count). The van der Waals surface area contributed by atoms with Crippen LogP contribution >= 0.6 is 34.4 Å². The smallest absolute Gasteiger partial charge is 0.119 e. The topological polar surface area (TPSA) is 72.6 Å². The molecular weight excluding hydrogens is 553 g/mol. The third-order valence-electron chi connectivity index (χ3n) is 6.50. The molecule has 6 aromatic rings. The lowest BCUT2D eigenvalue weighted by Crippen LogP contribution is -2.21. The van der Waals surface area contributed by atoms with Crippen molar-refractivity contribution in [3.63, 3.8) is 0 Å². The molecule has 0 unspecified atom stereocenters. The zero-order valence-corrected chi connectivity index (χ0v) is 25.4. The minimum Gasteiger partial charge on any atom is -0.412 e. The largest absolute Gasteiger partial charge is 0.412 e. The van der Waals surface area contributed by atoms with Gasteiger partial charge in [0.05, 0.1) is 36.7 Å². The average molecular weight is 587 g/mol. The number of hydrogen-bond donors (Lipinski definition) is 1. The lowest BCUT2D eigenvalue weighted by atomic mass is 10.1. The van der Waals surface area contributed by atoms with Crippen molar-refractivity contribution in [1.29, 1.82) is 0 Å². The molecular formula is C32H34N4OS3. The fraction of sp³-hybridized carbons (Fsp3) is 0.188. The van der Waals surface area contributed by atoms with Gasteiger partial charge in [0.15, 0.2) is 0 Å². The van der Waals surface area contributed by atoms with E-state index in [1.165, 1.54) is 50.4 Å². The van der Waals surface area contributed by atoms with Crippen LogP contribution in [-0.4, -0.2) is 40.0 Å². The van der Waals surface area contributed by atoms with E-state index < -0.39 is 0 Å². The summed E-state index contributed by atoms with van der Waals surface area (Å²) in [7, 11) is 0. The normalized spacial score (nSPS) is 12.8. The van der Waals surface area contributed by atoms with Crippen molar-refractivity contribution in [3.8, 4) is 0 Å². The molecule has 0 atom stereocenters. The number of rotatable bonds is 4. The number of hydrogen-bond acceptors (Lipinski definition) is 7. The van der Waals surface area contributed by atoms with E-state index >= 15 is 0 Å². The van der Waals surface area contributed by atoms with Gasteiger partial charge in [-0.05, 0) is 55.4 Å². The number of anilines is 1. The van der Waals surface area contributed by atoms with E-state index in [9.17, 15) is 0 Å². The fourth-order valence-corrected chi connectivity index (χ4v) is 6.96. The summed E-state index contributed by atoms with van der Waals surface area (Å²) in [5, 5.41) is 8.12. The second-order valence-electron chi connectivity index (χ2n) is 8.86. The summed E-state index contributed by atoms with van der Waals surface area (Å²) in [4.78, 5) is 12.6. The van der Waals surface area contributed by atoms with Gasteiger partial charge in [-0.1, -0.05) is 87.1 Å². The highest BCUT2D eigenvalue weighted by Crippen LogP contribution is 2.41. The van der Waals surface area contributed by atoms with Crippen LogP contribution in [0.1, 0.15) is 25.8 Å². The number of benzene rings is 4. The Bertz CT molecular complexity index is 1640. The Kier molecular flexibility index (Phi) is 10.7. The van der Waals surface area contributed by atoms with Crippen LogP contribution in [-0.2, 0) is 0 Å². The van der Waals surface area contributed by atoms with Gasteiger partial charge in [0.25, 0.3) is 0 Å². The number of para-hydroxylation sites is 2. The van der Waals surface area contributed by atoms with E-state index in [4.69, 9.17) is 0 Å². The second-order valence-corrected chi connectivity index (χ2v) is 11.9. The van der Waals surface area contributed by atoms with Crippen molar-refractivity contribution >= 4 is 77.4 Å². The first-order valence-corrected chi connectivity index (χ1v) is 15.7. The second kappa shape index (κ2) is 14.4. The van der Waals surface area contributed by atoms with E-state index in [1.54, 1.807) is 34.4 Å². The van der Waals surface area contributed by atoms with Crippen LogP contribution in [0.4, 0.5) is 5.69 Å². The minimum atomic E-state index is 0. The number of thioether (sulfide) groups is 1. The van der Waals surface area contributed by atoms with Crippen molar-refractivity contribution in [2.45, 2.75) is 25.7 Å². The Morgan fingerprint density at radius 2 is 1.52 bits per heavy atom. The summed E-state index contributed by atoms with van der Waals surface area (Å²) < 4.78 is 2.49. The summed E-state index contributed by atoms with van der Waals surface area (Å²) in [5.74, 6) is 0. The highest BCUT2D eigenvalue weighted by Gasteiger charge is 2.15. The number of fused-ring (bicyclic) bond motifs is 5. The molecule has 0 fully saturated rings. The lowest BCUT2D eigenvalue weighted by Gasteiger charge is -2.13. The molecule has 0 aliphatic carbocycles. The zero-order valence-electron chi connectivity index (χ0n) is 22.9. The number of aromatic nitrogens is 2. The molecule has 8 heteroatoms. The van der Waals surface area contributed by atoms with Gasteiger partial charge in [-0.15, -0.1) is 22.7 Å². The maximum atomic E-state index is 4.63. The molecule has 4 aromatic carbocycles. The molecule has 0 saturated heterocycles. The Balaban J connectivity index is 0.000000154. The summed E-state index contributed by atoms with van der Waals surface area (Å²) in [6.07, 6.45) is 2.12. The molecule has 1 aliphatic heterocycles. The molecule has 3 N–H and O–H groups in total. The molecule has 206 valence electrons. The summed E-state index contributed by atoms with van der Waals surface area (Å²) in [6, 6.07) is 29.2. The van der Waals surface area contributed by atoms with Crippen LogP contribution in [0.15, 0.2) is 100 Å². The van der Waals surface area contributed by atoms with E-state index in [0.717, 1.165) is 21.1 Å². The third kappa shape index (κ3) is 7.08. The van der Waals surface area contributed by atoms with Gasteiger partial charge in [-0.3, -0.25) is 0 Å². The van der Waals surface area contributed by atoms with Crippen LogP contribution in [0, 0.1) is 0 Å². The van der Waals surface area contributed by atoms with Gasteiger partial charge in [-0.25, -0.2) is 9.97 Å². The number of thiazole rings is 2. The maximum absolute atomic E-state index is 4.63. The monoisotopic (exact) mass is 586 g/mol. The predicted octanol–water partition coefficient (Wildman–Crippen LogP) is 8.79. The van der Waals surface area contributed by atoms with E-state index in [-0.39, 0.29) is 5.48 Å². The van der Waals surface area contributed by atoms with Crippen LogP contribution in [0.3, 0.4) is 0 Å². The maximum Gasteiger partial charge on any atom is 0.119 e. The minimum absolute atomic E-state index is 0. The summed E-state index contributed by atoms with van der Waals surface area (Å²) >= 11 is 5.17. The summed E-state index contributed by atoms with van der Waals surface area (Å²) in [6.45, 7) is 10.1. The van der Waals surface area contributed by atoms with Crippen LogP contribution in [0.2, 0.25) is 0 Å². The molecule has 0 spiro atoms. The quantitative estimate of drug-likeness (QED) is 0.223. The Labute approximate surface area is 247 Å². The van der Waals surface area contributed by atoms with Gasteiger partial charge in [0.1, 0.15) is 5.01 Å². The Morgan fingerprint density at radius 1 is 0.800 bits per heavy atom. The van der Waals surface area contributed by atoms with Gasteiger partial charge in [-0.2, -0.15) is 0 Å². The molecule has 40 heavy (non-hydrogen) atoms. The Morgan fingerprint density at radius 3 is 2.27 bits per heavy atom. The molecule has 0 radical (unpaired) electrons. The first-order chi connectivity index (χ1) is 19.2. The lowest BCUT2D eigenvalue weighted by molar-refractivity contribution is 0.321. The zero-order chi connectivity index (χ0) is 27.0. The molecule has 0 bridgehead atoms. The molecule has 1 aliphatic rings. The van der Waals surface area contributed by atoms with Crippen molar-refractivity contribution in [1.82, 2.24) is 14.9 Å². The van der Waals surface area contributed by atoms with E-state index in [2.05, 4.69) is 120 Å². The number of nitrogens with one attached hydrogen (secondary N) is 1. The van der Waals surface area contributed by atoms with Crippen molar-refractivity contribution < 1.29 is 5.48 Å². The van der Waals surface area contributed by atoms with Crippen LogP contribution < -0.4 is 5.32 Å². The number of nitrogens with zero attached hydrogens (tertiary/aromatic N) is 3. The third-order valence-corrected chi connectivity index (χ3v) is 9.29. The van der Waals surface area contributed by atoms with Gasteiger partial charge < -0.3 is 15.7 Å². The first kappa shape index (κ1) is 29.7. The molecule has 2 aromatic heterocycles. The predicted molar refractivity (Wildman–Crippen MR) is 178 cm³/mol. The molecule has 0 saturated carbocycles. The first-order valence-electron chi connectivity index (χ1n) is 13.2. The highest BCUT2D eigenvalue weighted by atomic mass is 32.2. The van der Waals surface area contributed by atoms with Crippen molar-refractivity contribution in [2.24, 2.45) is 0 Å².